The van der Waals surface area contributed by atoms with Crippen LogP contribution in [-0.4, -0.2) is 48.5 Å². The molecule has 2 saturated heterocycles. The first-order chi connectivity index (χ1) is 5.36. The zero-order valence-corrected chi connectivity index (χ0v) is 6.70. The van der Waals surface area contributed by atoms with E-state index in [-0.39, 0.29) is 6.10 Å². The lowest BCUT2D eigenvalue weighted by Gasteiger charge is -2.43. The summed E-state index contributed by atoms with van der Waals surface area (Å²) in [5.74, 6) is 0. The SMILES string of the molecule is OC1CN(C2CCCOC2)C1. The Morgan fingerprint density at radius 1 is 1.36 bits per heavy atom. The van der Waals surface area contributed by atoms with Gasteiger partial charge in [-0.1, -0.05) is 0 Å². The Morgan fingerprint density at radius 3 is 2.73 bits per heavy atom. The highest BCUT2D eigenvalue weighted by molar-refractivity contribution is 4.85. The molecular weight excluding hydrogens is 142 g/mol. The van der Waals surface area contributed by atoms with Gasteiger partial charge in [0.05, 0.1) is 12.7 Å². The normalized spacial score (nSPS) is 35.2. The summed E-state index contributed by atoms with van der Waals surface area (Å²) < 4.78 is 5.35. The van der Waals surface area contributed by atoms with Crippen molar-refractivity contribution in [2.45, 2.75) is 25.0 Å². The van der Waals surface area contributed by atoms with Crippen molar-refractivity contribution >= 4 is 0 Å². The molecule has 2 aliphatic heterocycles. The Kier molecular flexibility index (Phi) is 2.11. The van der Waals surface area contributed by atoms with E-state index < -0.39 is 0 Å². The van der Waals surface area contributed by atoms with Crippen LogP contribution in [0.4, 0.5) is 0 Å². The van der Waals surface area contributed by atoms with Crippen molar-refractivity contribution in [3.63, 3.8) is 0 Å². The van der Waals surface area contributed by atoms with Gasteiger partial charge >= 0.3 is 0 Å². The average molecular weight is 157 g/mol. The second-order valence-electron chi connectivity index (χ2n) is 3.48. The lowest BCUT2D eigenvalue weighted by Crippen LogP contribution is -2.57. The molecule has 0 aliphatic carbocycles. The molecule has 1 N–H and O–H groups in total. The van der Waals surface area contributed by atoms with Crippen LogP contribution >= 0.6 is 0 Å². The molecule has 2 rings (SSSR count). The van der Waals surface area contributed by atoms with Gasteiger partial charge in [-0.2, -0.15) is 0 Å². The van der Waals surface area contributed by atoms with Gasteiger partial charge in [0.2, 0.25) is 0 Å². The summed E-state index contributed by atoms with van der Waals surface area (Å²) in [6, 6.07) is 0.590. The Bertz CT molecular complexity index is 128. The molecule has 3 nitrogen and oxygen atoms in total. The quantitative estimate of drug-likeness (QED) is 0.574. The molecule has 11 heavy (non-hydrogen) atoms. The van der Waals surface area contributed by atoms with E-state index in [0.29, 0.717) is 6.04 Å². The Morgan fingerprint density at radius 2 is 2.18 bits per heavy atom. The number of rotatable bonds is 1. The van der Waals surface area contributed by atoms with Crippen LogP contribution < -0.4 is 0 Å². The number of ether oxygens (including phenoxy) is 1. The van der Waals surface area contributed by atoms with Crippen LogP contribution in [0, 0.1) is 0 Å². The number of hydrogen-bond acceptors (Lipinski definition) is 3. The van der Waals surface area contributed by atoms with Crippen molar-refractivity contribution in [2.75, 3.05) is 26.3 Å². The van der Waals surface area contributed by atoms with E-state index in [0.717, 1.165) is 26.3 Å². The van der Waals surface area contributed by atoms with Crippen LogP contribution in [0.1, 0.15) is 12.8 Å². The highest BCUT2D eigenvalue weighted by atomic mass is 16.5. The predicted molar refractivity (Wildman–Crippen MR) is 41.4 cm³/mol. The maximum absolute atomic E-state index is 9.07. The van der Waals surface area contributed by atoms with Gasteiger partial charge in [-0.3, -0.25) is 4.90 Å². The van der Waals surface area contributed by atoms with E-state index in [1.807, 2.05) is 0 Å². The fourth-order valence-corrected chi connectivity index (χ4v) is 1.80. The molecule has 0 saturated carbocycles. The minimum atomic E-state index is -0.0723. The van der Waals surface area contributed by atoms with Crippen LogP contribution in [0.25, 0.3) is 0 Å². The van der Waals surface area contributed by atoms with Crippen LogP contribution in [0.2, 0.25) is 0 Å². The van der Waals surface area contributed by atoms with Gasteiger partial charge in [-0.25, -0.2) is 0 Å². The molecule has 3 heteroatoms. The molecule has 2 fully saturated rings. The molecule has 2 heterocycles. The second kappa shape index (κ2) is 3.09. The van der Waals surface area contributed by atoms with Crippen molar-refractivity contribution in [3.05, 3.63) is 0 Å². The highest BCUT2D eigenvalue weighted by Gasteiger charge is 2.31. The predicted octanol–water partition coefficient (Wildman–Crippen LogP) is -0.158. The molecule has 0 bridgehead atoms. The minimum Gasteiger partial charge on any atom is -0.390 e. The molecule has 0 aromatic rings. The number of hydrogen-bond donors (Lipinski definition) is 1. The first kappa shape index (κ1) is 7.53. The summed E-state index contributed by atoms with van der Waals surface area (Å²) in [6.45, 7) is 3.50. The zero-order valence-electron chi connectivity index (χ0n) is 6.70. The molecule has 0 radical (unpaired) electrons. The van der Waals surface area contributed by atoms with E-state index >= 15 is 0 Å². The van der Waals surface area contributed by atoms with Crippen LogP contribution in [0.15, 0.2) is 0 Å². The monoisotopic (exact) mass is 157 g/mol. The van der Waals surface area contributed by atoms with Crippen molar-refractivity contribution < 1.29 is 9.84 Å². The van der Waals surface area contributed by atoms with Gasteiger partial charge < -0.3 is 9.84 Å². The Labute approximate surface area is 66.9 Å². The third kappa shape index (κ3) is 1.55. The highest BCUT2D eigenvalue weighted by Crippen LogP contribution is 2.18. The third-order valence-corrected chi connectivity index (χ3v) is 2.54. The number of nitrogens with zero attached hydrogens (tertiary/aromatic N) is 1. The van der Waals surface area contributed by atoms with E-state index in [4.69, 9.17) is 9.84 Å². The lowest BCUT2D eigenvalue weighted by molar-refractivity contribution is -0.0660. The van der Waals surface area contributed by atoms with Crippen molar-refractivity contribution in [1.82, 2.24) is 4.90 Å². The van der Waals surface area contributed by atoms with E-state index in [2.05, 4.69) is 4.90 Å². The molecule has 1 atom stereocenters. The topological polar surface area (TPSA) is 32.7 Å². The first-order valence-electron chi connectivity index (χ1n) is 4.36. The summed E-state index contributed by atoms with van der Waals surface area (Å²) in [5, 5.41) is 9.07. The van der Waals surface area contributed by atoms with Gasteiger partial charge in [0, 0.05) is 25.7 Å². The van der Waals surface area contributed by atoms with Gasteiger partial charge in [0.25, 0.3) is 0 Å². The summed E-state index contributed by atoms with van der Waals surface area (Å²) in [7, 11) is 0. The molecular formula is C8H15NO2. The standard InChI is InChI=1S/C8H15NO2/c10-8-4-9(5-8)7-2-1-3-11-6-7/h7-8,10H,1-6H2. The van der Waals surface area contributed by atoms with E-state index in [9.17, 15) is 0 Å². The van der Waals surface area contributed by atoms with E-state index in [1.54, 1.807) is 0 Å². The molecule has 0 aromatic heterocycles. The Hall–Kier alpha value is -0.120. The van der Waals surface area contributed by atoms with E-state index in [1.165, 1.54) is 12.8 Å². The summed E-state index contributed by atoms with van der Waals surface area (Å²) in [5.41, 5.74) is 0. The maximum atomic E-state index is 9.07. The van der Waals surface area contributed by atoms with Crippen LogP contribution in [0.5, 0.6) is 0 Å². The number of β-amino-alcohol motifs (C(OH)–C–C–N with tert-alkyl or cyclic N) is 1. The lowest BCUT2D eigenvalue weighted by atomic mass is 10.0. The smallest absolute Gasteiger partial charge is 0.0794 e. The fraction of sp³-hybridized carbons (Fsp3) is 1.00. The molecule has 1 unspecified atom stereocenters. The zero-order chi connectivity index (χ0) is 7.68. The van der Waals surface area contributed by atoms with Crippen molar-refractivity contribution in [3.8, 4) is 0 Å². The van der Waals surface area contributed by atoms with Crippen molar-refractivity contribution in [1.29, 1.82) is 0 Å². The van der Waals surface area contributed by atoms with Crippen LogP contribution in [0.3, 0.4) is 0 Å². The largest absolute Gasteiger partial charge is 0.390 e. The second-order valence-corrected chi connectivity index (χ2v) is 3.48. The van der Waals surface area contributed by atoms with Gasteiger partial charge in [-0.05, 0) is 12.8 Å². The average Bonchev–Trinajstić information content (AvgIpc) is 2.01. The van der Waals surface area contributed by atoms with Crippen LogP contribution in [-0.2, 0) is 4.74 Å². The summed E-state index contributed by atoms with van der Waals surface area (Å²) in [6.07, 6.45) is 2.35. The van der Waals surface area contributed by atoms with Gasteiger partial charge in [0.15, 0.2) is 0 Å². The summed E-state index contributed by atoms with van der Waals surface area (Å²) >= 11 is 0. The Balaban J connectivity index is 1.76. The maximum Gasteiger partial charge on any atom is 0.0794 e. The van der Waals surface area contributed by atoms with Crippen molar-refractivity contribution in [2.24, 2.45) is 0 Å². The molecule has 64 valence electrons. The number of aliphatic hydroxyl groups excluding tert-OH is 1. The molecule has 0 spiro atoms. The minimum absolute atomic E-state index is 0.0723. The molecule has 0 amide bonds. The van der Waals surface area contributed by atoms with Gasteiger partial charge in [0.1, 0.15) is 0 Å². The number of likely N-dealkylation sites (tertiary alicyclic amines) is 1. The first-order valence-corrected chi connectivity index (χ1v) is 4.36. The number of aliphatic hydroxyl groups is 1. The van der Waals surface area contributed by atoms with Gasteiger partial charge in [-0.15, -0.1) is 0 Å². The molecule has 2 aliphatic rings. The molecule has 0 aromatic carbocycles. The third-order valence-electron chi connectivity index (χ3n) is 2.54. The fourth-order valence-electron chi connectivity index (χ4n) is 1.80. The summed E-state index contributed by atoms with van der Waals surface area (Å²) in [4.78, 5) is 2.31.